The summed E-state index contributed by atoms with van der Waals surface area (Å²) in [6.45, 7) is 3.36. The number of aryl methyl sites for hydroxylation is 1. The van der Waals surface area contributed by atoms with E-state index in [4.69, 9.17) is 5.11 Å². The van der Waals surface area contributed by atoms with E-state index in [0.717, 1.165) is 28.9 Å². The van der Waals surface area contributed by atoms with Crippen LogP contribution >= 0.6 is 11.8 Å². The molecule has 1 aromatic carbocycles. The van der Waals surface area contributed by atoms with E-state index in [-0.39, 0.29) is 18.2 Å². The molecule has 2 aliphatic rings. The van der Waals surface area contributed by atoms with Gasteiger partial charge in [-0.1, -0.05) is 24.5 Å². The van der Waals surface area contributed by atoms with Crippen molar-refractivity contribution in [2.75, 3.05) is 13.1 Å². The molecule has 4 nitrogen and oxygen atoms in total. The number of piperidine rings is 1. The van der Waals surface area contributed by atoms with Crippen molar-refractivity contribution in [2.24, 2.45) is 5.92 Å². The Morgan fingerprint density at radius 3 is 2.48 bits per heavy atom. The Kier molecular flexibility index (Phi) is 6.05. The number of benzene rings is 1. The summed E-state index contributed by atoms with van der Waals surface area (Å²) in [7, 11) is 0. The molecule has 5 heteroatoms. The first kappa shape index (κ1) is 18.3. The Hall–Kier alpha value is -1.49. The van der Waals surface area contributed by atoms with Crippen molar-refractivity contribution in [3.8, 4) is 0 Å². The van der Waals surface area contributed by atoms with E-state index in [1.807, 2.05) is 29.7 Å². The van der Waals surface area contributed by atoms with Crippen molar-refractivity contribution in [1.29, 1.82) is 0 Å². The molecule has 1 saturated carbocycles. The number of amides is 1. The second kappa shape index (κ2) is 8.26. The van der Waals surface area contributed by atoms with Crippen LogP contribution in [0.2, 0.25) is 0 Å². The number of likely N-dealkylation sites (tertiary alicyclic amines) is 1. The zero-order valence-electron chi connectivity index (χ0n) is 14.9. The van der Waals surface area contributed by atoms with Crippen molar-refractivity contribution in [1.82, 2.24) is 4.90 Å². The number of carbonyl (C=O) groups excluding carboxylic acids is 1. The molecule has 0 bridgehead atoms. The number of nitrogens with zero attached hydrogens (tertiary/aromatic N) is 1. The van der Waals surface area contributed by atoms with Gasteiger partial charge in [-0.2, -0.15) is 0 Å². The summed E-state index contributed by atoms with van der Waals surface area (Å²) in [4.78, 5) is 27.0. The average molecular weight is 362 g/mol. The van der Waals surface area contributed by atoms with Crippen molar-refractivity contribution in [3.05, 3.63) is 29.3 Å². The summed E-state index contributed by atoms with van der Waals surface area (Å²) in [5, 5.41) is 9.57. The topological polar surface area (TPSA) is 57.6 Å². The first-order valence-corrected chi connectivity index (χ1v) is 10.2. The van der Waals surface area contributed by atoms with Crippen molar-refractivity contribution < 1.29 is 14.7 Å². The maximum Gasteiger partial charge on any atom is 0.303 e. The second-order valence-corrected chi connectivity index (χ2v) is 8.70. The van der Waals surface area contributed by atoms with E-state index >= 15 is 0 Å². The molecule has 1 N–H and O–H groups in total. The van der Waals surface area contributed by atoms with Crippen LogP contribution in [0.25, 0.3) is 0 Å². The van der Waals surface area contributed by atoms with Gasteiger partial charge in [-0.3, -0.25) is 9.59 Å². The minimum absolute atomic E-state index is 0.109. The quantitative estimate of drug-likeness (QED) is 0.847. The minimum Gasteiger partial charge on any atom is -0.481 e. The lowest BCUT2D eigenvalue weighted by Crippen LogP contribution is -2.39. The fourth-order valence-corrected chi connectivity index (χ4v) is 5.20. The third kappa shape index (κ3) is 4.78. The van der Waals surface area contributed by atoms with Gasteiger partial charge in [0.1, 0.15) is 0 Å². The third-order valence-corrected chi connectivity index (χ3v) is 6.74. The zero-order valence-corrected chi connectivity index (χ0v) is 15.7. The van der Waals surface area contributed by atoms with Crippen LogP contribution in [0.15, 0.2) is 23.1 Å². The Balaban J connectivity index is 1.69. The summed E-state index contributed by atoms with van der Waals surface area (Å²) in [6.07, 6.45) is 6.87. The molecule has 1 aromatic rings. The lowest BCUT2D eigenvalue weighted by atomic mass is 9.93. The molecule has 0 aromatic heterocycles. The van der Waals surface area contributed by atoms with Gasteiger partial charge in [0.15, 0.2) is 0 Å². The van der Waals surface area contributed by atoms with Crippen molar-refractivity contribution in [2.45, 2.75) is 62.0 Å². The number of carboxylic acids is 1. The Labute approximate surface area is 154 Å². The van der Waals surface area contributed by atoms with Crippen LogP contribution in [0.1, 0.15) is 60.9 Å². The van der Waals surface area contributed by atoms with Gasteiger partial charge in [0.25, 0.3) is 5.91 Å². The normalized spacial score (nSPS) is 19.3. The fraction of sp³-hybridized carbons (Fsp3) is 0.600. The Morgan fingerprint density at radius 1 is 1.16 bits per heavy atom. The van der Waals surface area contributed by atoms with E-state index in [0.29, 0.717) is 18.3 Å². The molecule has 1 amide bonds. The highest BCUT2D eigenvalue weighted by atomic mass is 32.2. The lowest BCUT2D eigenvalue weighted by Gasteiger charge is -2.32. The van der Waals surface area contributed by atoms with Crippen LogP contribution in [0.5, 0.6) is 0 Å². The summed E-state index contributed by atoms with van der Waals surface area (Å²) < 4.78 is 0. The van der Waals surface area contributed by atoms with E-state index in [2.05, 4.69) is 12.1 Å². The molecule has 0 atom stereocenters. The highest BCUT2D eigenvalue weighted by Gasteiger charge is 2.27. The molecule has 0 radical (unpaired) electrons. The second-order valence-electron chi connectivity index (χ2n) is 7.36. The monoisotopic (exact) mass is 361 g/mol. The standard InChI is InChI=1S/C20H27NO3S/c1-14-6-7-18(25-16-4-2-3-5-16)17(12-14)20(24)21-10-8-15(9-11-21)13-19(22)23/h6-7,12,15-16H,2-5,8-11,13H2,1H3,(H,22,23). The number of hydrogen-bond acceptors (Lipinski definition) is 3. The summed E-state index contributed by atoms with van der Waals surface area (Å²) in [5.41, 5.74) is 1.94. The molecule has 0 spiro atoms. The molecule has 25 heavy (non-hydrogen) atoms. The average Bonchev–Trinajstić information content (AvgIpc) is 3.09. The molecule has 136 valence electrons. The van der Waals surface area contributed by atoms with Crippen LogP contribution < -0.4 is 0 Å². The van der Waals surface area contributed by atoms with Gasteiger partial charge in [-0.15, -0.1) is 11.8 Å². The number of carboxylic acid groups (broad SMARTS) is 1. The molecule has 1 heterocycles. The zero-order chi connectivity index (χ0) is 17.8. The van der Waals surface area contributed by atoms with Crippen LogP contribution in [0, 0.1) is 12.8 Å². The van der Waals surface area contributed by atoms with E-state index in [1.54, 1.807) is 0 Å². The molecule has 2 fully saturated rings. The molecule has 3 rings (SSSR count). The summed E-state index contributed by atoms with van der Waals surface area (Å²) >= 11 is 1.86. The number of aliphatic carboxylic acids is 1. The smallest absolute Gasteiger partial charge is 0.303 e. The van der Waals surface area contributed by atoms with Gasteiger partial charge < -0.3 is 10.0 Å². The van der Waals surface area contributed by atoms with Gasteiger partial charge >= 0.3 is 5.97 Å². The van der Waals surface area contributed by atoms with Gasteiger partial charge in [0, 0.05) is 29.7 Å². The van der Waals surface area contributed by atoms with Crippen molar-refractivity contribution >= 4 is 23.6 Å². The summed E-state index contributed by atoms with van der Waals surface area (Å²) in [6, 6.07) is 6.21. The molecular weight excluding hydrogens is 334 g/mol. The van der Waals surface area contributed by atoms with Crippen LogP contribution in [0.3, 0.4) is 0 Å². The van der Waals surface area contributed by atoms with Crippen LogP contribution in [-0.4, -0.2) is 40.2 Å². The molecule has 1 aliphatic carbocycles. The number of rotatable bonds is 5. The van der Waals surface area contributed by atoms with Crippen LogP contribution in [-0.2, 0) is 4.79 Å². The maximum atomic E-state index is 13.1. The van der Waals surface area contributed by atoms with Crippen molar-refractivity contribution in [3.63, 3.8) is 0 Å². The minimum atomic E-state index is -0.737. The Morgan fingerprint density at radius 2 is 1.84 bits per heavy atom. The predicted molar refractivity (Wildman–Crippen MR) is 100 cm³/mol. The fourth-order valence-electron chi connectivity index (χ4n) is 3.86. The van der Waals surface area contributed by atoms with Gasteiger partial charge in [-0.25, -0.2) is 0 Å². The van der Waals surface area contributed by atoms with Gasteiger partial charge in [-0.05, 0) is 50.7 Å². The molecule has 1 saturated heterocycles. The lowest BCUT2D eigenvalue weighted by molar-refractivity contribution is -0.138. The van der Waals surface area contributed by atoms with E-state index < -0.39 is 5.97 Å². The third-order valence-electron chi connectivity index (χ3n) is 5.33. The maximum absolute atomic E-state index is 13.1. The Bertz CT molecular complexity index is 632. The van der Waals surface area contributed by atoms with E-state index in [1.165, 1.54) is 25.7 Å². The number of thioether (sulfide) groups is 1. The molecular formula is C20H27NO3S. The first-order chi connectivity index (χ1) is 12.0. The number of hydrogen-bond donors (Lipinski definition) is 1. The van der Waals surface area contributed by atoms with Gasteiger partial charge in [0.05, 0.1) is 5.56 Å². The van der Waals surface area contributed by atoms with Crippen LogP contribution in [0.4, 0.5) is 0 Å². The van der Waals surface area contributed by atoms with E-state index in [9.17, 15) is 9.59 Å². The SMILES string of the molecule is Cc1ccc(SC2CCCC2)c(C(=O)N2CCC(CC(=O)O)CC2)c1. The molecule has 0 unspecified atom stereocenters. The van der Waals surface area contributed by atoms with Gasteiger partial charge in [0.2, 0.25) is 0 Å². The largest absolute Gasteiger partial charge is 0.481 e. The predicted octanol–water partition coefficient (Wildman–Crippen LogP) is 4.36. The first-order valence-electron chi connectivity index (χ1n) is 9.31. The highest BCUT2D eigenvalue weighted by molar-refractivity contribution is 8.00. The highest BCUT2D eigenvalue weighted by Crippen LogP contribution is 2.37. The molecule has 1 aliphatic heterocycles. The summed E-state index contributed by atoms with van der Waals surface area (Å²) in [5.74, 6) is -0.428. The number of carbonyl (C=O) groups is 2.